The summed E-state index contributed by atoms with van der Waals surface area (Å²) in [7, 11) is 0. The molecule has 84 valence electrons. The second-order valence-corrected chi connectivity index (χ2v) is 3.90. The summed E-state index contributed by atoms with van der Waals surface area (Å²) in [6.07, 6.45) is 0. The van der Waals surface area contributed by atoms with Gasteiger partial charge in [0.1, 0.15) is 0 Å². The largest absolute Gasteiger partial charge is 0.417 e. The zero-order chi connectivity index (χ0) is 11.7. The first-order valence-corrected chi connectivity index (χ1v) is 5.15. The Bertz CT molecular complexity index is 524. The summed E-state index contributed by atoms with van der Waals surface area (Å²) < 4.78 is 5.49. The average Bonchev–Trinajstić information content (AvgIpc) is 2.65. The van der Waals surface area contributed by atoms with Crippen molar-refractivity contribution in [3.8, 4) is 11.8 Å². The van der Waals surface area contributed by atoms with E-state index in [-0.39, 0.29) is 0 Å². The van der Waals surface area contributed by atoms with Crippen LogP contribution in [0, 0.1) is 20.8 Å². The molecule has 16 heavy (non-hydrogen) atoms. The van der Waals surface area contributed by atoms with Gasteiger partial charge < -0.3 is 4.74 Å². The molecule has 1 N–H and O–H groups in total. The Morgan fingerprint density at radius 1 is 1.19 bits per heavy atom. The molecule has 0 aliphatic rings. The van der Waals surface area contributed by atoms with Gasteiger partial charge in [0.15, 0.2) is 5.15 Å². The van der Waals surface area contributed by atoms with Crippen LogP contribution in [0.4, 0.5) is 0 Å². The molecule has 0 amide bonds. The maximum atomic E-state index is 5.84. The number of nitrogens with one attached hydrogen (secondary N) is 1. The van der Waals surface area contributed by atoms with Crippen LogP contribution >= 0.6 is 11.6 Å². The number of aromatic amines is 1. The minimum Gasteiger partial charge on any atom is -0.417 e. The van der Waals surface area contributed by atoms with Crippen LogP contribution in [0.2, 0.25) is 5.15 Å². The van der Waals surface area contributed by atoms with Crippen molar-refractivity contribution in [2.75, 3.05) is 0 Å². The molecule has 0 fully saturated rings. The molecule has 0 unspecified atom stereocenters. The summed E-state index contributed by atoms with van der Waals surface area (Å²) in [6.45, 7) is 5.64. The molecular weight excluding hydrogens is 228 g/mol. The number of rotatable bonds is 2. The lowest BCUT2D eigenvalue weighted by Gasteiger charge is -2.06. The lowest BCUT2D eigenvalue weighted by molar-refractivity contribution is 0.432. The van der Waals surface area contributed by atoms with E-state index < -0.39 is 0 Å². The summed E-state index contributed by atoms with van der Waals surface area (Å²) in [6, 6.07) is 1.78. The highest BCUT2D eigenvalue weighted by Gasteiger charge is 2.11. The minimum absolute atomic E-state index is 0.392. The fraction of sp³-hybridized carbons (Fsp3) is 0.300. The fourth-order valence-electron chi connectivity index (χ4n) is 1.20. The predicted octanol–water partition coefficient (Wildman–Crippen LogP) is 2.57. The number of ether oxygens (including phenoxy) is 1. The van der Waals surface area contributed by atoms with Crippen molar-refractivity contribution >= 4 is 11.6 Å². The monoisotopic (exact) mass is 238 g/mol. The van der Waals surface area contributed by atoms with Gasteiger partial charge in [0.25, 0.3) is 0 Å². The third-order valence-corrected chi connectivity index (χ3v) is 2.66. The van der Waals surface area contributed by atoms with Crippen LogP contribution in [0.3, 0.4) is 0 Å². The van der Waals surface area contributed by atoms with E-state index in [1.165, 1.54) is 0 Å². The average molecular weight is 239 g/mol. The molecule has 0 bridgehead atoms. The Labute approximate surface area is 97.8 Å². The van der Waals surface area contributed by atoms with Gasteiger partial charge in [0.05, 0.1) is 0 Å². The molecule has 0 spiro atoms. The van der Waals surface area contributed by atoms with Crippen molar-refractivity contribution in [1.29, 1.82) is 0 Å². The Kier molecular flexibility index (Phi) is 2.78. The second kappa shape index (κ2) is 4.09. The quantitative estimate of drug-likeness (QED) is 0.873. The van der Waals surface area contributed by atoms with Crippen LogP contribution in [0.15, 0.2) is 6.07 Å². The number of aromatic nitrogens is 4. The molecule has 0 aromatic carbocycles. The van der Waals surface area contributed by atoms with Gasteiger partial charge in [-0.15, -0.1) is 15.3 Å². The van der Waals surface area contributed by atoms with E-state index >= 15 is 0 Å². The van der Waals surface area contributed by atoms with E-state index in [0.29, 0.717) is 16.9 Å². The van der Waals surface area contributed by atoms with Gasteiger partial charge in [-0.1, -0.05) is 11.6 Å². The summed E-state index contributed by atoms with van der Waals surface area (Å²) in [5.74, 6) is 0.894. The molecule has 2 rings (SSSR count). The molecule has 2 aromatic heterocycles. The molecule has 6 heteroatoms. The second-order valence-electron chi connectivity index (χ2n) is 3.54. The van der Waals surface area contributed by atoms with Gasteiger partial charge in [-0.2, -0.15) is 0 Å². The number of hydrogen-bond acceptors (Lipinski definition) is 4. The third-order valence-electron chi connectivity index (χ3n) is 2.31. The van der Waals surface area contributed by atoms with Gasteiger partial charge in [-0.05, 0) is 26.3 Å². The number of halogens is 1. The number of hydrogen-bond donors (Lipinski definition) is 1. The topological polar surface area (TPSA) is 63.7 Å². The van der Waals surface area contributed by atoms with Crippen molar-refractivity contribution < 1.29 is 4.74 Å². The van der Waals surface area contributed by atoms with Gasteiger partial charge in [-0.25, -0.2) is 0 Å². The molecule has 0 atom stereocenters. The first-order chi connectivity index (χ1) is 7.58. The highest BCUT2D eigenvalue weighted by molar-refractivity contribution is 6.30. The highest BCUT2D eigenvalue weighted by atomic mass is 35.5. The van der Waals surface area contributed by atoms with Crippen molar-refractivity contribution in [1.82, 2.24) is 20.4 Å². The van der Waals surface area contributed by atoms with Gasteiger partial charge in [0.2, 0.25) is 11.8 Å². The standard InChI is InChI=1S/C10H11ClN4O/c1-5-4-8(13-12-5)16-10-7(3)6(2)9(11)14-15-10/h4H,1-3H3,(H,12,13). The number of aryl methyl sites for hydroxylation is 1. The van der Waals surface area contributed by atoms with Gasteiger partial charge in [0, 0.05) is 17.3 Å². The van der Waals surface area contributed by atoms with Crippen LogP contribution in [0.5, 0.6) is 11.8 Å². The van der Waals surface area contributed by atoms with E-state index in [2.05, 4.69) is 20.4 Å². The lowest BCUT2D eigenvalue weighted by Crippen LogP contribution is -1.97. The summed E-state index contributed by atoms with van der Waals surface area (Å²) in [5, 5.41) is 14.8. The molecule has 2 heterocycles. The molecule has 0 saturated heterocycles. The molecular formula is C10H11ClN4O. The van der Waals surface area contributed by atoms with Crippen LogP contribution in [-0.4, -0.2) is 20.4 Å². The Morgan fingerprint density at radius 2 is 1.94 bits per heavy atom. The number of nitrogens with zero attached hydrogens (tertiary/aromatic N) is 3. The fourth-order valence-corrected chi connectivity index (χ4v) is 1.38. The first kappa shape index (κ1) is 10.9. The Balaban J connectivity index is 2.32. The van der Waals surface area contributed by atoms with Crippen LogP contribution in [0.25, 0.3) is 0 Å². The van der Waals surface area contributed by atoms with Crippen molar-refractivity contribution in [3.63, 3.8) is 0 Å². The van der Waals surface area contributed by atoms with Crippen molar-refractivity contribution in [3.05, 3.63) is 28.0 Å². The van der Waals surface area contributed by atoms with E-state index in [0.717, 1.165) is 16.8 Å². The highest BCUT2D eigenvalue weighted by Crippen LogP contribution is 2.25. The molecule has 0 aliphatic heterocycles. The third kappa shape index (κ3) is 1.99. The zero-order valence-corrected chi connectivity index (χ0v) is 9.96. The molecule has 0 aliphatic carbocycles. The zero-order valence-electron chi connectivity index (χ0n) is 9.21. The van der Waals surface area contributed by atoms with Gasteiger partial charge in [-0.3, -0.25) is 5.10 Å². The summed E-state index contributed by atoms with van der Waals surface area (Å²) in [4.78, 5) is 0. The maximum Gasteiger partial charge on any atom is 0.244 e. The smallest absolute Gasteiger partial charge is 0.244 e. The van der Waals surface area contributed by atoms with E-state index in [1.54, 1.807) is 6.07 Å². The van der Waals surface area contributed by atoms with Crippen LogP contribution in [-0.2, 0) is 0 Å². The van der Waals surface area contributed by atoms with Crippen molar-refractivity contribution in [2.45, 2.75) is 20.8 Å². The summed E-state index contributed by atoms with van der Waals surface area (Å²) >= 11 is 5.84. The number of H-pyrrole nitrogens is 1. The van der Waals surface area contributed by atoms with Crippen LogP contribution in [0.1, 0.15) is 16.8 Å². The van der Waals surface area contributed by atoms with E-state index in [9.17, 15) is 0 Å². The van der Waals surface area contributed by atoms with E-state index in [4.69, 9.17) is 16.3 Å². The first-order valence-electron chi connectivity index (χ1n) is 4.77. The van der Waals surface area contributed by atoms with E-state index in [1.807, 2.05) is 20.8 Å². The van der Waals surface area contributed by atoms with Crippen LogP contribution < -0.4 is 4.74 Å². The lowest BCUT2D eigenvalue weighted by atomic mass is 10.2. The van der Waals surface area contributed by atoms with Gasteiger partial charge >= 0.3 is 0 Å². The molecule has 0 saturated carbocycles. The Hall–Kier alpha value is -1.62. The normalized spacial score (nSPS) is 10.5. The predicted molar refractivity (Wildman–Crippen MR) is 59.9 cm³/mol. The molecule has 5 nitrogen and oxygen atoms in total. The van der Waals surface area contributed by atoms with Crippen molar-refractivity contribution in [2.24, 2.45) is 0 Å². The molecule has 2 aromatic rings. The molecule has 0 radical (unpaired) electrons. The Morgan fingerprint density at radius 3 is 2.56 bits per heavy atom. The summed E-state index contributed by atoms with van der Waals surface area (Å²) in [5.41, 5.74) is 2.64. The maximum absolute atomic E-state index is 5.84. The minimum atomic E-state index is 0.392. The SMILES string of the molecule is Cc1cc(Oc2nnc(Cl)c(C)c2C)n[nH]1.